The highest BCUT2D eigenvalue weighted by Crippen LogP contribution is 2.16. The van der Waals surface area contributed by atoms with Gasteiger partial charge >= 0.3 is 0 Å². The Morgan fingerprint density at radius 1 is 1.56 bits per heavy atom. The lowest BCUT2D eigenvalue weighted by Crippen LogP contribution is -2.29. The van der Waals surface area contributed by atoms with Crippen LogP contribution in [0.4, 0.5) is 0 Å². The highest BCUT2D eigenvalue weighted by atomic mass is 16.5. The zero-order valence-corrected chi connectivity index (χ0v) is 10.8. The Hall–Kier alpha value is -1.84. The maximum Gasteiger partial charge on any atom is 0.246 e. The van der Waals surface area contributed by atoms with E-state index in [0.717, 1.165) is 18.5 Å². The van der Waals surface area contributed by atoms with Crippen LogP contribution in [0.1, 0.15) is 18.9 Å². The molecule has 0 spiro atoms. The van der Waals surface area contributed by atoms with Crippen LogP contribution in [0.5, 0.6) is 5.88 Å². The standard InChI is InChI=1S/C14H18N2O2/c1-3-4-14(17)16-8-7-12(10-16)18-13-6-5-11(2)9-15-13/h3-6,9,12H,7-8,10H2,1-2H3/b4-3+. The van der Waals surface area contributed by atoms with Gasteiger partial charge in [0.15, 0.2) is 0 Å². The molecule has 1 atom stereocenters. The third kappa shape index (κ3) is 3.09. The number of rotatable bonds is 3. The molecule has 2 heterocycles. The van der Waals surface area contributed by atoms with Crippen molar-refractivity contribution in [3.63, 3.8) is 0 Å². The number of amides is 1. The van der Waals surface area contributed by atoms with Crippen LogP contribution < -0.4 is 4.74 Å². The molecular formula is C14H18N2O2. The van der Waals surface area contributed by atoms with E-state index in [2.05, 4.69) is 4.98 Å². The summed E-state index contributed by atoms with van der Waals surface area (Å²) in [6.45, 7) is 5.22. The van der Waals surface area contributed by atoms with E-state index >= 15 is 0 Å². The van der Waals surface area contributed by atoms with Gasteiger partial charge in [0.2, 0.25) is 11.8 Å². The Balaban J connectivity index is 1.89. The molecular weight excluding hydrogens is 228 g/mol. The van der Waals surface area contributed by atoms with Gasteiger partial charge in [-0.25, -0.2) is 4.98 Å². The Kier molecular flexibility index (Phi) is 3.97. The molecule has 0 radical (unpaired) electrons. The average Bonchev–Trinajstić information content (AvgIpc) is 2.81. The number of likely N-dealkylation sites (tertiary alicyclic amines) is 1. The molecule has 0 saturated carbocycles. The summed E-state index contributed by atoms with van der Waals surface area (Å²) in [7, 11) is 0. The van der Waals surface area contributed by atoms with Crippen LogP contribution in [0.15, 0.2) is 30.5 Å². The molecule has 18 heavy (non-hydrogen) atoms. The minimum absolute atomic E-state index is 0.0504. The van der Waals surface area contributed by atoms with Gasteiger partial charge in [0, 0.05) is 25.2 Å². The molecule has 0 aromatic carbocycles. The molecule has 1 amide bonds. The summed E-state index contributed by atoms with van der Waals surface area (Å²) >= 11 is 0. The number of aryl methyl sites for hydroxylation is 1. The van der Waals surface area contributed by atoms with Crippen molar-refractivity contribution in [1.29, 1.82) is 0 Å². The number of ether oxygens (including phenoxy) is 1. The van der Waals surface area contributed by atoms with Crippen LogP contribution in [0.25, 0.3) is 0 Å². The minimum Gasteiger partial charge on any atom is -0.472 e. The highest BCUT2D eigenvalue weighted by molar-refractivity contribution is 5.87. The fourth-order valence-electron chi connectivity index (χ4n) is 1.97. The molecule has 4 heteroatoms. The number of hydrogen-bond donors (Lipinski definition) is 0. The summed E-state index contributed by atoms with van der Waals surface area (Å²) in [4.78, 5) is 17.7. The number of carbonyl (C=O) groups excluding carboxylic acids is 1. The summed E-state index contributed by atoms with van der Waals surface area (Å²) in [5.74, 6) is 0.686. The number of aromatic nitrogens is 1. The summed E-state index contributed by atoms with van der Waals surface area (Å²) in [6.07, 6.45) is 6.05. The van der Waals surface area contributed by atoms with E-state index in [0.29, 0.717) is 12.4 Å². The second-order valence-corrected chi connectivity index (χ2v) is 4.49. The molecule has 96 valence electrons. The van der Waals surface area contributed by atoms with Gasteiger partial charge in [-0.15, -0.1) is 0 Å². The second kappa shape index (κ2) is 5.67. The van der Waals surface area contributed by atoms with Crippen LogP contribution in [0.2, 0.25) is 0 Å². The molecule has 4 nitrogen and oxygen atoms in total. The lowest BCUT2D eigenvalue weighted by atomic mass is 10.3. The molecule has 0 bridgehead atoms. The van der Waals surface area contributed by atoms with Gasteiger partial charge in [-0.1, -0.05) is 12.1 Å². The monoisotopic (exact) mass is 246 g/mol. The lowest BCUT2D eigenvalue weighted by molar-refractivity contribution is -0.125. The normalized spacial score (nSPS) is 19.4. The van der Waals surface area contributed by atoms with E-state index in [1.807, 2.05) is 26.0 Å². The van der Waals surface area contributed by atoms with Crippen LogP contribution in [0, 0.1) is 6.92 Å². The Morgan fingerprint density at radius 2 is 2.39 bits per heavy atom. The Bertz CT molecular complexity index is 440. The van der Waals surface area contributed by atoms with E-state index in [1.165, 1.54) is 0 Å². The summed E-state index contributed by atoms with van der Waals surface area (Å²) in [6, 6.07) is 3.84. The number of nitrogens with zero attached hydrogens (tertiary/aromatic N) is 2. The van der Waals surface area contributed by atoms with Crippen LogP contribution in [0.3, 0.4) is 0 Å². The molecule has 1 aromatic rings. The van der Waals surface area contributed by atoms with Gasteiger partial charge in [0.1, 0.15) is 6.10 Å². The fraction of sp³-hybridized carbons (Fsp3) is 0.429. The van der Waals surface area contributed by atoms with Crippen LogP contribution in [-0.4, -0.2) is 35.0 Å². The first-order valence-electron chi connectivity index (χ1n) is 6.20. The molecule has 1 aliphatic rings. The van der Waals surface area contributed by atoms with E-state index in [9.17, 15) is 4.79 Å². The molecule has 1 aliphatic heterocycles. The van der Waals surface area contributed by atoms with Gasteiger partial charge in [0.25, 0.3) is 0 Å². The topological polar surface area (TPSA) is 42.4 Å². The van der Waals surface area contributed by atoms with E-state index in [1.54, 1.807) is 23.2 Å². The number of carbonyl (C=O) groups is 1. The zero-order valence-electron chi connectivity index (χ0n) is 10.8. The van der Waals surface area contributed by atoms with Crippen molar-refractivity contribution in [1.82, 2.24) is 9.88 Å². The SMILES string of the molecule is C/C=C/C(=O)N1CCC(Oc2ccc(C)cn2)C1. The van der Waals surface area contributed by atoms with Gasteiger partial charge < -0.3 is 9.64 Å². The molecule has 1 saturated heterocycles. The number of hydrogen-bond acceptors (Lipinski definition) is 3. The van der Waals surface area contributed by atoms with Crippen molar-refractivity contribution in [2.75, 3.05) is 13.1 Å². The third-order valence-corrected chi connectivity index (χ3v) is 2.94. The number of pyridine rings is 1. The maximum atomic E-state index is 11.7. The lowest BCUT2D eigenvalue weighted by Gasteiger charge is -2.15. The van der Waals surface area contributed by atoms with Crippen molar-refractivity contribution < 1.29 is 9.53 Å². The first-order valence-corrected chi connectivity index (χ1v) is 6.20. The van der Waals surface area contributed by atoms with Gasteiger partial charge in [-0.2, -0.15) is 0 Å². The minimum atomic E-state index is 0.0504. The first kappa shape index (κ1) is 12.6. The van der Waals surface area contributed by atoms with Crippen LogP contribution >= 0.6 is 0 Å². The Morgan fingerprint density at radius 3 is 3.06 bits per heavy atom. The van der Waals surface area contributed by atoms with Crippen LogP contribution in [-0.2, 0) is 4.79 Å². The number of allylic oxidation sites excluding steroid dienone is 1. The predicted octanol–water partition coefficient (Wildman–Crippen LogP) is 1.95. The average molecular weight is 246 g/mol. The van der Waals surface area contributed by atoms with Crippen molar-refractivity contribution in [3.8, 4) is 5.88 Å². The van der Waals surface area contributed by atoms with Gasteiger partial charge in [-0.05, 0) is 25.5 Å². The fourth-order valence-corrected chi connectivity index (χ4v) is 1.97. The molecule has 1 fully saturated rings. The summed E-state index contributed by atoms with van der Waals surface area (Å²) < 4.78 is 5.76. The summed E-state index contributed by atoms with van der Waals surface area (Å²) in [5.41, 5.74) is 1.11. The van der Waals surface area contributed by atoms with Crippen molar-refractivity contribution >= 4 is 5.91 Å². The molecule has 1 unspecified atom stereocenters. The molecule has 2 rings (SSSR count). The maximum absolute atomic E-state index is 11.7. The van der Waals surface area contributed by atoms with Crippen molar-refractivity contribution in [2.45, 2.75) is 26.4 Å². The smallest absolute Gasteiger partial charge is 0.246 e. The van der Waals surface area contributed by atoms with Gasteiger partial charge in [-0.3, -0.25) is 4.79 Å². The van der Waals surface area contributed by atoms with Crippen molar-refractivity contribution in [2.24, 2.45) is 0 Å². The predicted molar refractivity (Wildman–Crippen MR) is 69.4 cm³/mol. The van der Waals surface area contributed by atoms with E-state index in [-0.39, 0.29) is 12.0 Å². The Labute approximate surface area is 107 Å². The van der Waals surface area contributed by atoms with Crippen molar-refractivity contribution in [3.05, 3.63) is 36.0 Å². The molecule has 0 N–H and O–H groups in total. The third-order valence-electron chi connectivity index (χ3n) is 2.94. The quantitative estimate of drug-likeness (QED) is 0.765. The largest absolute Gasteiger partial charge is 0.472 e. The summed E-state index contributed by atoms with van der Waals surface area (Å²) in [5, 5.41) is 0. The second-order valence-electron chi connectivity index (χ2n) is 4.49. The van der Waals surface area contributed by atoms with Gasteiger partial charge in [0.05, 0.1) is 6.54 Å². The first-order chi connectivity index (χ1) is 8.69. The van der Waals surface area contributed by atoms with E-state index in [4.69, 9.17) is 4.74 Å². The molecule has 0 aliphatic carbocycles. The molecule has 1 aromatic heterocycles. The highest BCUT2D eigenvalue weighted by Gasteiger charge is 2.26. The van der Waals surface area contributed by atoms with E-state index < -0.39 is 0 Å². The zero-order chi connectivity index (χ0) is 13.0.